The minimum Gasteiger partial charge on any atom is -0.408 e. The monoisotopic (exact) mass is 225 g/mol. The zero-order valence-electron chi connectivity index (χ0n) is 7.96. The van der Waals surface area contributed by atoms with Crippen LogP contribution in [0.2, 0.25) is 0 Å². The van der Waals surface area contributed by atoms with E-state index in [9.17, 15) is 4.79 Å². The first-order valence-electron chi connectivity index (χ1n) is 4.59. The zero-order chi connectivity index (χ0) is 10.8. The molecule has 0 aliphatic rings. The molecule has 0 amide bonds. The van der Waals surface area contributed by atoms with E-state index in [1.165, 1.54) is 4.57 Å². The van der Waals surface area contributed by atoms with Crippen LogP contribution in [-0.2, 0) is 6.54 Å². The highest BCUT2D eigenvalue weighted by molar-refractivity contribution is 7.81. The van der Waals surface area contributed by atoms with E-state index >= 15 is 0 Å². The standard InChI is InChI=1S/C10H11NO3S/c12-6-7(15)5-11-8-3-1-2-4-9(8)14-10(11)13/h1-4,7,12,15H,5-6H2. The van der Waals surface area contributed by atoms with Crippen molar-refractivity contribution in [3.63, 3.8) is 0 Å². The minimum absolute atomic E-state index is 0.0743. The van der Waals surface area contributed by atoms with Gasteiger partial charge in [0.2, 0.25) is 0 Å². The lowest BCUT2D eigenvalue weighted by Gasteiger charge is -2.06. The van der Waals surface area contributed by atoms with E-state index in [1.54, 1.807) is 18.2 Å². The molecule has 0 aliphatic carbocycles. The van der Waals surface area contributed by atoms with Gasteiger partial charge in [0.1, 0.15) is 0 Å². The van der Waals surface area contributed by atoms with E-state index in [0.717, 1.165) is 5.52 Å². The summed E-state index contributed by atoms with van der Waals surface area (Å²) in [5.74, 6) is -0.413. The molecule has 15 heavy (non-hydrogen) atoms. The number of thiol groups is 1. The zero-order valence-corrected chi connectivity index (χ0v) is 8.85. The molecule has 1 N–H and O–H groups in total. The Morgan fingerprint density at radius 2 is 2.20 bits per heavy atom. The summed E-state index contributed by atoms with van der Waals surface area (Å²) in [6.07, 6.45) is 0. The van der Waals surface area contributed by atoms with E-state index in [1.807, 2.05) is 6.07 Å². The number of hydrogen-bond donors (Lipinski definition) is 2. The lowest BCUT2D eigenvalue weighted by atomic mass is 10.3. The molecule has 1 atom stereocenters. The highest BCUT2D eigenvalue weighted by Gasteiger charge is 2.11. The Bertz CT molecular complexity index is 517. The molecule has 0 bridgehead atoms. The smallest absolute Gasteiger partial charge is 0.408 e. The average Bonchev–Trinajstić information content (AvgIpc) is 2.55. The lowest BCUT2D eigenvalue weighted by Crippen LogP contribution is -2.22. The van der Waals surface area contributed by atoms with Gasteiger partial charge in [0, 0.05) is 11.8 Å². The van der Waals surface area contributed by atoms with Gasteiger partial charge in [0.05, 0.1) is 12.1 Å². The van der Waals surface area contributed by atoms with Crippen molar-refractivity contribution in [2.24, 2.45) is 0 Å². The topological polar surface area (TPSA) is 55.4 Å². The van der Waals surface area contributed by atoms with Crippen molar-refractivity contribution in [3.05, 3.63) is 34.8 Å². The van der Waals surface area contributed by atoms with Gasteiger partial charge in [-0.3, -0.25) is 4.57 Å². The van der Waals surface area contributed by atoms with Gasteiger partial charge in [0.15, 0.2) is 5.58 Å². The first kappa shape index (κ1) is 10.3. The van der Waals surface area contributed by atoms with Gasteiger partial charge in [-0.2, -0.15) is 12.6 Å². The van der Waals surface area contributed by atoms with Crippen LogP contribution in [0.15, 0.2) is 33.5 Å². The average molecular weight is 225 g/mol. The Morgan fingerprint density at radius 1 is 1.47 bits per heavy atom. The summed E-state index contributed by atoms with van der Waals surface area (Å²) in [7, 11) is 0. The largest absolute Gasteiger partial charge is 0.419 e. The van der Waals surface area contributed by atoms with Crippen molar-refractivity contribution < 1.29 is 9.52 Å². The highest BCUT2D eigenvalue weighted by Crippen LogP contribution is 2.12. The van der Waals surface area contributed by atoms with Crippen molar-refractivity contribution in [3.8, 4) is 0 Å². The van der Waals surface area contributed by atoms with Crippen LogP contribution >= 0.6 is 12.6 Å². The molecule has 80 valence electrons. The number of rotatable bonds is 3. The van der Waals surface area contributed by atoms with Crippen molar-refractivity contribution >= 4 is 23.7 Å². The summed E-state index contributed by atoms with van der Waals surface area (Å²) in [5.41, 5.74) is 1.29. The first-order valence-corrected chi connectivity index (χ1v) is 5.11. The molecule has 0 saturated heterocycles. The number of oxazole rings is 1. The molecule has 1 aromatic heterocycles. The molecule has 0 fully saturated rings. The van der Waals surface area contributed by atoms with Crippen LogP contribution in [0, 0.1) is 0 Å². The third-order valence-electron chi connectivity index (χ3n) is 2.18. The van der Waals surface area contributed by atoms with Gasteiger partial charge in [-0.15, -0.1) is 0 Å². The van der Waals surface area contributed by atoms with Crippen LogP contribution in [0.5, 0.6) is 0 Å². The number of nitrogens with zero attached hydrogens (tertiary/aromatic N) is 1. The molecular formula is C10H11NO3S. The number of aromatic nitrogens is 1. The molecule has 0 radical (unpaired) electrons. The minimum atomic E-state index is -0.413. The second-order valence-electron chi connectivity index (χ2n) is 3.28. The van der Waals surface area contributed by atoms with Gasteiger partial charge in [-0.1, -0.05) is 12.1 Å². The Kier molecular flexibility index (Phi) is 2.83. The number of benzene rings is 1. The molecule has 1 unspecified atom stereocenters. The molecule has 5 heteroatoms. The molecule has 0 aliphatic heterocycles. The fraction of sp³-hybridized carbons (Fsp3) is 0.300. The molecular weight excluding hydrogens is 214 g/mol. The third kappa shape index (κ3) is 1.93. The molecule has 1 aromatic carbocycles. The Hall–Kier alpha value is -1.20. The van der Waals surface area contributed by atoms with Gasteiger partial charge < -0.3 is 9.52 Å². The van der Waals surface area contributed by atoms with E-state index in [-0.39, 0.29) is 11.9 Å². The van der Waals surface area contributed by atoms with Gasteiger partial charge in [-0.25, -0.2) is 4.79 Å². The van der Waals surface area contributed by atoms with Gasteiger partial charge in [-0.05, 0) is 12.1 Å². The lowest BCUT2D eigenvalue weighted by molar-refractivity contribution is 0.285. The summed E-state index contributed by atoms with van der Waals surface area (Å²) in [6.45, 7) is 0.268. The fourth-order valence-electron chi connectivity index (χ4n) is 1.46. The number of aliphatic hydroxyl groups is 1. The Morgan fingerprint density at radius 3 is 2.93 bits per heavy atom. The molecule has 2 aromatic rings. The van der Waals surface area contributed by atoms with Crippen LogP contribution in [0.3, 0.4) is 0 Å². The Labute approximate surface area is 91.5 Å². The number of aliphatic hydroxyl groups excluding tert-OH is 1. The summed E-state index contributed by atoms with van der Waals surface area (Å²) in [5, 5.41) is 8.61. The van der Waals surface area contributed by atoms with E-state index < -0.39 is 5.76 Å². The summed E-state index contributed by atoms with van der Waals surface area (Å²) in [6, 6.07) is 7.18. The third-order valence-corrected chi connectivity index (χ3v) is 2.50. The van der Waals surface area contributed by atoms with Gasteiger partial charge >= 0.3 is 5.76 Å². The number of hydrogen-bond acceptors (Lipinski definition) is 4. The van der Waals surface area contributed by atoms with Crippen molar-refractivity contribution in [2.75, 3.05) is 6.61 Å². The van der Waals surface area contributed by atoms with E-state index in [4.69, 9.17) is 9.52 Å². The maximum Gasteiger partial charge on any atom is 0.419 e. The molecule has 4 nitrogen and oxygen atoms in total. The first-order chi connectivity index (χ1) is 7.22. The van der Waals surface area contributed by atoms with Crippen molar-refractivity contribution in [2.45, 2.75) is 11.8 Å². The van der Waals surface area contributed by atoms with Crippen LogP contribution in [0.1, 0.15) is 0 Å². The molecule has 2 rings (SSSR count). The van der Waals surface area contributed by atoms with Crippen LogP contribution < -0.4 is 5.76 Å². The molecule has 1 heterocycles. The predicted molar refractivity (Wildman–Crippen MR) is 60.3 cm³/mol. The SMILES string of the molecule is O=c1oc2ccccc2n1CC(S)CO. The van der Waals surface area contributed by atoms with Crippen LogP contribution in [-0.4, -0.2) is 21.5 Å². The maximum absolute atomic E-state index is 11.5. The second-order valence-corrected chi connectivity index (χ2v) is 4.01. The summed E-state index contributed by atoms with van der Waals surface area (Å²) >= 11 is 4.14. The fourth-order valence-corrected chi connectivity index (χ4v) is 1.62. The Balaban J connectivity index is 2.50. The quantitative estimate of drug-likeness (QED) is 0.763. The maximum atomic E-state index is 11.5. The summed E-state index contributed by atoms with van der Waals surface area (Å²) < 4.78 is 6.51. The molecule has 0 spiro atoms. The van der Waals surface area contributed by atoms with Crippen molar-refractivity contribution in [1.29, 1.82) is 0 Å². The molecule has 0 saturated carbocycles. The van der Waals surface area contributed by atoms with E-state index in [2.05, 4.69) is 12.6 Å². The van der Waals surface area contributed by atoms with Crippen LogP contribution in [0.4, 0.5) is 0 Å². The van der Waals surface area contributed by atoms with E-state index in [0.29, 0.717) is 12.1 Å². The number of fused-ring (bicyclic) bond motifs is 1. The normalized spacial score (nSPS) is 13.2. The predicted octanol–water partition coefficient (Wildman–Crippen LogP) is 0.885. The summed E-state index contributed by atoms with van der Waals surface area (Å²) in [4.78, 5) is 11.5. The van der Waals surface area contributed by atoms with Gasteiger partial charge in [0.25, 0.3) is 0 Å². The second kappa shape index (κ2) is 4.12. The highest BCUT2D eigenvalue weighted by atomic mass is 32.1. The van der Waals surface area contributed by atoms with Crippen molar-refractivity contribution in [1.82, 2.24) is 4.57 Å². The van der Waals surface area contributed by atoms with Crippen LogP contribution in [0.25, 0.3) is 11.1 Å². The number of para-hydroxylation sites is 2.